The number of hydrogen-bond acceptors (Lipinski definition) is 5. The van der Waals surface area contributed by atoms with Crippen molar-refractivity contribution in [3.8, 4) is 0 Å². The van der Waals surface area contributed by atoms with Crippen molar-refractivity contribution in [2.75, 3.05) is 23.9 Å². The molecular formula is C25H28N2O5. The number of Topliss-reactive ketones (excluding diaryl/α,β-unsaturated/α-hetero) is 1. The second-order valence-corrected chi connectivity index (χ2v) is 9.14. The second-order valence-electron chi connectivity index (χ2n) is 9.14. The Morgan fingerprint density at radius 2 is 1.56 bits per heavy atom. The smallest absolute Gasteiger partial charge is 0.307 e. The number of anilines is 2. The molecule has 2 aromatic carbocycles. The molecule has 1 amide bonds. The molecule has 0 bridgehead atoms. The highest BCUT2D eigenvalue weighted by molar-refractivity contribution is 6.17. The summed E-state index contributed by atoms with van der Waals surface area (Å²) in [5.74, 6) is -2.48. The molecule has 0 saturated carbocycles. The predicted octanol–water partition coefficient (Wildman–Crippen LogP) is 3.89. The molecule has 2 aromatic rings. The first-order valence-corrected chi connectivity index (χ1v) is 10.3. The summed E-state index contributed by atoms with van der Waals surface area (Å²) in [4.78, 5) is 40.7. The van der Waals surface area contributed by atoms with Crippen molar-refractivity contribution >= 4 is 29.0 Å². The number of carbonyl (C=O) groups excluding carboxylic acids is 2. The Kier molecular flexibility index (Phi) is 6.12. The van der Waals surface area contributed by atoms with Crippen molar-refractivity contribution in [3.63, 3.8) is 0 Å². The van der Waals surface area contributed by atoms with Crippen molar-refractivity contribution in [1.29, 1.82) is 0 Å². The van der Waals surface area contributed by atoms with Gasteiger partial charge in [-0.1, -0.05) is 45.0 Å². The Morgan fingerprint density at radius 1 is 1.00 bits per heavy atom. The summed E-state index contributed by atoms with van der Waals surface area (Å²) in [5.41, 5.74) is 1.97. The van der Waals surface area contributed by atoms with E-state index in [2.05, 4.69) is 0 Å². The zero-order valence-electron chi connectivity index (χ0n) is 18.9. The van der Waals surface area contributed by atoms with Crippen LogP contribution in [0.4, 0.5) is 11.4 Å². The first kappa shape index (κ1) is 23.1. The summed E-state index contributed by atoms with van der Waals surface area (Å²) in [6.07, 6.45) is -0.138. The number of aliphatic carboxylic acids is 1. The van der Waals surface area contributed by atoms with Crippen LogP contribution in [0.15, 0.2) is 59.9 Å². The largest absolute Gasteiger partial charge is 0.503 e. The molecule has 7 nitrogen and oxygen atoms in total. The number of aliphatic hydroxyl groups is 1. The molecule has 3 rings (SSSR count). The molecule has 1 aliphatic heterocycles. The molecule has 1 unspecified atom stereocenters. The first-order valence-electron chi connectivity index (χ1n) is 10.3. The lowest BCUT2D eigenvalue weighted by Gasteiger charge is -2.29. The van der Waals surface area contributed by atoms with Crippen molar-refractivity contribution < 1.29 is 24.6 Å². The molecule has 0 aliphatic carbocycles. The van der Waals surface area contributed by atoms with Gasteiger partial charge in [-0.2, -0.15) is 0 Å². The second kappa shape index (κ2) is 8.49. The quantitative estimate of drug-likeness (QED) is 0.713. The van der Waals surface area contributed by atoms with Crippen molar-refractivity contribution in [1.82, 2.24) is 0 Å². The van der Waals surface area contributed by atoms with Gasteiger partial charge in [-0.05, 0) is 35.4 Å². The molecule has 1 atom stereocenters. The van der Waals surface area contributed by atoms with Crippen LogP contribution in [0.25, 0.3) is 0 Å². The van der Waals surface area contributed by atoms with Crippen LogP contribution in [0, 0.1) is 5.41 Å². The van der Waals surface area contributed by atoms with E-state index in [0.717, 1.165) is 5.69 Å². The van der Waals surface area contributed by atoms with E-state index in [4.69, 9.17) is 5.11 Å². The normalized spacial score (nSPS) is 16.5. The fourth-order valence-corrected chi connectivity index (χ4v) is 3.73. The van der Waals surface area contributed by atoms with Gasteiger partial charge in [0.15, 0.2) is 11.5 Å². The van der Waals surface area contributed by atoms with Gasteiger partial charge in [0.2, 0.25) is 0 Å². The monoisotopic (exact) mass is 436 g/mol. The van der Waals surface area contributed by atoms with Gasteiger partial charge in [0.05, 0.1) is 18.0 Å². The van der Waals surface area contributed by atoms with Gasteiger partial charge >= 0.3 is 5.97 Å². The third-order valence-electron chi connectivity index (χ3n) is 5.43. The predicted molar refractivity (Wildman–Crippen MR) is 123 cm³/mol. The molecule has 7 heteroatoms. The number of aliphatic hydroxyl groups excluding tert-OH is 1. The maximum Gasteiger partial charge on any atom is 0.307 e. The van der Waals surface area contributed by atoms with E-state index < -0.39 is 29.1 Å². The topological polar surface area (TPSA) is 98.2 Å². The van der Waals surface area contributed by atoms with E-state index >= 15 is 0 Å². The number of rotatable bonds is 6. The average molecular weight is 437 g/mol. The minimum Gasteiger partial charge on any atom is -0.503 e. The fourth-order valence-electron chi connectivity index (χ4n) is 3.73. The number of hydrogen-bond donors (Lipinski definition) is 2. The number of nitrogens with zero attached hydrogens (tertiary/aromatic N) is 2. The maximum atomic E-state index is 13.3. The van der Waals surface area contributed by atoms with Crippen LogP contribution in [0.3, 0.4) is 0 Å². The van der Waals surface area contributed by atoms with Crippen LogP contribution in [-0.4, -0.2) is 42.0 Å². The molecule has 0 aromatic heterocycles. The average Bonchev–Trinajstić information content (AvgIpc) is 2.98. The van der Waals surface area contributed by atoms with Gasteiger partial charge in [-0.3, -0.25) is 19.3 Å². The van der Waals surface area contributed by atoms with Crippen LogP contribution in [0.2, 0.25) is 0 Å². The van der Waals surface area contributed by atoms with Crippen LogP contribution >= 0.6 is 0 Å². The first-order chi connectivity index (χ1) is 14.9. The lowest BCUT2D eigenvalue weighted by Crippen LogP contribution is -2.32. The SMILES string of the molecule is CN(C)c1ccc(C2C(C(=O)C(C)(C)C)=C(O)C(=O)N2c2ccc(CC(=O)O)cc2)cc1. The van der Waals surface area contributed by atoms with Gasteiger partial charge < -0.3 is 15.1 Å². The highest BCUT2D eigenvalue weighted by Gasteiger charge is 2.46. The van der Waals surface area contributed by atoms with E-state index in [0.29, 0.717) is 16.8 Å². The molecular weight excluding hydrogens is 408 g/mol. The van der Waals surface area contributed by atoms with Gasteiger partial charge in [0.1, 0.15) is 0 Å². The highest BCUT2D eigenvalue weighted by atomic mass is 16.4. The van der Waals surface area contributed by atoms with Gasteiger partial charge in [-0.15, -0.1) is 0 Å². The van der Waals surface area contributed by atoms with E-state index in [-0.39, 0.29) is 17.8 Å². The van der Waals surface area contributed by atoms with Crippen LogP contribution in [0.1, 0.15) is 37.9 Å². The summed E-state index contributed by atoms with van der Waals surface area (Å²) in [7, 11) is 3.83. The molecule has 0 spiro atoms. The minimum absolute atomic E-state index is 0.0646. The van der Waals surface area contributed by atoms with E-state index in [1.165, 1.54) is 4.90 Å². The third kappa shape index (κ3) is 4.37. The molecule has 0 saturated heterocycles. The summed E-state index contributed by atoms with van der Waals surface area (Å²) in [6.45, 7) is 5.24. The van der Waals surface area contributed by atoms with Crippen LogP contribution < -0.4 is 9.80 Å². The number of carbonyl (C=O) groups is 3. The van der Waals surface area contributed by atoms with Crippen LogP contribution in [-0.2, 0) is 20.8 Å². The standard InChI is InChI=1S/C25H28N2O5/c1-25(2,3)23(31)20-21(16-8-12-17(13-9-16)26(4)5)27(24(32)22(20)30)18-10-6-15(7-11-18)14-19(28)29/h6-13,21,30H,14H2,1-5H3,(H,28,29). The van der Waals surface area contributed by atoms with E-state index in [1.807, 2.05) is 43.3 Å². The summed E-state index contributed by atoms with van der Waals surface area (Å²) in [5, 5.41) is 19.8. The zero-order valence-corrected chi connectivity index (χ0v) is 18.9. The minimum atomic E-state index is -0.953. The summed E-state index contributed by atoms with van der Waals surface area (Å²) >= 11 is 0. The molecule has 1 heterocycles. The van der Waals surface area contributed by atoms with Gasteiger partial charge in [0.25, 0.3) is 5.91 Å². The Balaban J connectivity index is 2.12. The number of benzene rings is 2. The Bertz CT molecular complexity index is 1080. The molecule has 168 valence electrons. The fraction of sp³-hybridized carbons (Fsp3) is 0.320. The van der Waals surface area contributed by atoms with Crippen molar-refractivity contribution in [2.24, 2.45) is 5.41 Å². The van der Waals surface area contributed by atoms with E-state index in [1.54, 1.807) is 45.0 Å². The lowest BCUT2D eigenvalue weighted by molar-refractivity contribution is -0.136. The Morgan fingerprint density at radius 3 is 2.03 bits per heavy atom. The van der Waals surface area contributed by atoms with Crippen molar-refractivity contribution in [2.45, 2.75) is 33.2 Å². The number of carboxylic acid groups (broad SMARTS) is 1. The van der Waals surface area contributed by atoms with Crippen LogP contribution in [0.5, 0.6) is 0 Å². The Labute approximate surface area is 187 Å². The molecule has 0 radical (unpaired) electrons. The molecule has 0 fully saturated rings. The Hall–Kier alpha value is -3.61. The lowest BCUT2D eigenvalue weighted by atomic mass is 9.82. The van der Waals surface area contributed by atoms with Gasteiger partial charge in [-0.25, -0.2) is 0 Å². The highest BCUT2D eigenvalue weighted by Crippen LogP contribution is 2.43. The molecule has 1 aliphatic rings. The van der Waals surface area contributed by atoms with Crippen molar-refractivity contribution in [3.05, 3.63) is 71.0 Å². The van der Waals surface area contributed by atoms with E-state index in [9.17, 15) is 19.5 Å². The zero-order chi connectivity index (χ0) is 23.8. The number of amides is 1. The third-order valence-corrected chi connectivity index (χ3v) is 5.43. The number of carboxylic acids is 1. The summed E-state index contributed by atoms with van der Waals surface area (Å²) in [6, 6.07) is 13.2. The number of ketones is 1. The maximum absolute atomic E-state index is 13.3. The molecule has 2 N–H and O–H groups in total. The van der Waals surface area contributed by atoms with Gasteiger partial charge in [0, 0.05) is 30.9 Å². The summed E-state index contributed by atoms with van der Waals surface area (Å²) < 4.78 is 0. The molecule has 32 heavy (non-hydrogen) atoms.